The van der Waals surface area contributed by atoms with Crippen molar-refractivity contribution >= 4 is 0 Å². The summed E-state index contributed by atoms with van der Waals surface area (Å²) in [5, 5.41) is 0. The van der Waals surface area contributed by atoms with E-state index in [1.165, 1.54) is 0 Å². The van der Waals surface area contributed by atoms with Crippen molar-refractivity contribution < 1.29 is 22.6 Å². The van der Waals surface area contributed by atoms with Crippen molar-refractivity contribution in [1.82, 2.24) is 0 Å². The molecule has 0 rings (SSSR count). The summed E-state index contributed by atoms with van der Waals surface area (Å²) < 4.78 is 44.2. The average molecular weight is 201 g/mol. The van der Waals surface area contributed by atoms with Crippen LogP contribution < -0.4 is 5.73 Å². The van der Waals surface area contributed by atoms with Crippen molar-refractivity contribution in [2.24, 2.45) is 5.73 Å². The van der Waals surface area contributed by atoms with Crippen molar-refractivity contribution in [3.8, 4) is 0 Å². The van der Waals surface area contributed by atoms with E-state index >= 15 is 0 Å². The molecule has 0 amide bonds. The molecule has 6 heteroatoms. The monoisotopic (exact) mass is 201 g/mol. The van der Waals surface area contributed by atoms with Crippen LogP contribution in [0.25, 0.3) is 0 Å². The van der Waals surface area contributed by atoms with E-state index in [2.05, 4.69) is 4.74 Å². The molecule has 0 radical (unpaired) electrons. The zero-order chi connectivity index (χ0) is 10.2. The Bertz CT molecular complexity index is 119. The number of halogens is 3. The topological polar surface area (TPSA) is 44.5 Å². The molecule has 80 valence electrons. The lowest BCUT2D eigenvalue weighted by Crippen LogP contribution is -2.15. The quantitative estimate of drug-likeness (QED) is 0.623. The highest BCUT2D eigenvalue weighted by atomic mass is 19.4. The van der Waals surface area contributed by atoms with Gasteiger partial charge >= 0.3 is 6.18 Å². The van der Waals surface area contributed by atoms with Gasteiger partial charge in [-0.15, -0.1) is 0 Å². The molecule has 0 spiro atoms. The van der Waals surface area contributed by atoms with Gasteiger partial charge in [0.1, 0.15) is 0 Å². The molecular formula is C7H14F3NO2. The van der Waals surface area contributed by atoms with E-state index in [0.29, 0.717) is 13.2 Å². The Morgan fingerprint density at radius 2 is 1.46 bits per heavy atom. The van der Waals surface area contributed by atoms with Gasteiger partial charge in [0.2, 0.25) is 0 Å². The number of hydrogen-bond acceptors (Lipinski definition) is 3. The van der Waals surface area contributed by atoms with Crippen LogP contribution in [0.5, 0.6) is 0 Å². The zero-order valence-electron chi connectivity index (χ0n) is 7.27. The summed E-state index contributed by atoms with van der Waals surface area (Å²) in [6.07, 6.45) is -5.05. The first-order chi connectivity index (χ1) is 6.06. The SMILES string of the molecule is NCCOCCOCCC(F)(F)F. The molecular weight excluding hydrogens is 187 g/mol. The summed E-state index contributed by atoms with van der Waals surface area (Å²) in [7, 11) is 0. The lowest BCUT2D eigenvalue weighted by atomic mass is 10.4. The van der Waals surface area contributed by atoms with E-state index in [0.717, 1.165) is 0 Å². The van der Waals surface area contributed by atoms with Crippen LogP contribution in [0.3, 0.4) is 0 Å². The Balaban J connectivity index is 3.00. The smallest absolute Gasteiger partial charge is 0.379 e. The molecule has 0 saturated carbocycles. The van der Waals surface area contributed by atoms with Gasteiger partial charge < -0.3 is 15.2 Å². The fourth-order valence-electron chi connectivity index (χ4n) is 0.593. The summed E-state index contributed by atoms with van der Waals surface area (Å²) in [6, 6.07) is 0. The first kappa shape index (κ1) is 12.7. The standard InChI is InChI=1S/C7H14F3NO2/c8-7(9,10)1-3-12-5-6-13-4-2-11/h1-6,11H2. The van der Waals surface area contributed by atoms with Crippen molar-refractivity contribution in [2.45, 2.75) is 12.6 Å². The molecule has 0 atom stereocenters. The highest BCUT2D eigenvalue weighted by Gasteiger charge is 2.26. The number of hydrogen-bond donors (Lipinski definition) is 1. The molecule has 0 aromatic carbocycles. The Hall–Kier alpha value is -0.330. The second kappa shape index (κ2) is 7.11. The number of ether oxygens (including phenoxy) is 2. The third kappa shape index (κ3) is 11.7. The normalized spacial score (nSPS) is 12.0. The molecule has 0 saturated heterocycles. The maximum Gasteiger partial charge on any atom is 0.391 e. The maximum atomic E-state index is 11.6. The van der Waals surface area contributed by atoms with Crippen LogP contribution in [-0.2, 0) is 9.47 Å². The number of rotatable bonds is 7. The molecule has 2 N–H and O–H groups in total. The molecule has 0 unspecified atom stereocenters. The van der Waals surface area contributed by atoms with E-state index in [1.54, 1.807) is 0 Å². The van der Waals surface area contributed by atoms with Gasteiger partial charge in [-0.2, -0.15) is 13.2 Å². The molecule has 0 heterocycles. The second-order valence-electron chi connectivity index (χ2n) is 2.38. The Morgan fingerprint density at radius 1 is 0.923 bits per heavy atom. The highest BCUT2D eigenvalue weighted by Crippen LogP contribution is 2.18. The minimum atomic E-state index is -4.14. The van der Waals surface area contributed by atoms with E-state index in [4.69, 9.17) is 10.5 Å². The van der Waals surface area contributed by atoms with E-state index < -0.39 is 12.6 Å². The number of nitrogens with two attached hydrogens (primary N) is 1. The molecule has 3 nitrogen and oxygen atoms in total. The number of alkyl halides is 3. The maximum absolute atomic E-state index is 11.6. The third-order valence-corrected chi connectivity index (χ3v) is 1.16. The van der Waals surface area contributed by atoms with Crippen LogP contribution in [0.2, 0.25) is 0 Å². The van der Waals surface area contributed by atoms with Crippen molar-refractivity contribution in [3.63, 3.8) is 0 Å². The minimum absolute atomic E-state index is 0.177. The van der Waals surface area contributed by atoms with E-state index in [9.17, 15) is 13.2 Å². The van der Waals surface area contributed by atoms with Gasteiger partial charge in [-0.1, -0.05) is 0 Å². The Labute approximate surface area is 75.0 Å². The molecule has 0 aliphatic carbocycles. The van der Waals surface area contributed by atoms with Crippen LogP contribution in [0.4, 0.5) is 13.2 Å². The molecule has 0 aliphatic heterocycles. The molecule has 13 heavy (non-hydrogen) atoms. The van der Waals surface area contributed by atoms with Gasteiger partial charge in [-0.3, -0.25) is 0 Å². The summed E-state index contributed by atoms with van der Waals surface area (Å²) in [5.74, 6) is 0. The van der Waals surface area contributed by atoms with Crippen LogP contribution >= 0.6 is 0 Å². The highest BCUT2D eigenvalue weighted by molar-refractivity contribution is 4.47. The summed E-state index contributed by atoms with van der Waals surface area (Å²) >= 11 is 0. The van der Waals surface area contributed by atoms with Crippen LogP contribution in [0.1, 0.15) is 6.42 Å². The second-order valence-corrected chi connectivity index (χ2v) is 2.38. The van der Waals surface area contributed by atoms with E-state index in [-0.39, 0.29) is 19.8 Å². The fraction of sp³-hybridized carbons (Fsp3) is 1.00. The molecule has 0 aliphatic rings. The third-order valence-electron chi connectivity index (χ3n) is 1.16. The van der Waals surface area contributed by atoms with Crippen molar-refractivity contribution in [1.29, 1.82) is 0 Å². The summed E-state index contributed by atoms with van der Waals surface area (Å²) in [4.78, 5) is 0. The van der Waals surface area contributed by atoms with Gasteiger partial charge in [-0.05, 0) is 0 Å². The first-order valence-corrected chi connectivity index (χ1v) is 3.98. The fourth-order valence-corrected chi connectivity index (χ4v) is 0.593. The van der Waals surface area contributed by atoms with Gasteiger partial charge in [0.25, 0.3) is 0 Å². The van der Waals surface area contributed by atoms with Crippen molar-refractivity contribution in [3.05, 3.63) is 0 Å². The lowest BCUT2D eigenvalue weighted by molar-refractivity contribution is -0.146. The predicted octanol–water partition coefficient (Wildman–Crippen LogP) is 0.931. The largest absolute Gasteiger partial charge is 0.391 e. The Kier molecular flexibility index (Phi) is 6.93. The van der Waals surface area contributed by atoms with Gasteiger partial charge in [0.05, 0.1) is 32.8 Å². The molecule has 0 aromatic rings. The molecule has 0 aromatic heterocycles. The minimum Gasteiger partial charge on any atom is -0.379 e. The van der Waals surface area contributed by atoms with Crippen LogP contribution in [0.15, 0.2) is 0 Å². The van der Waals surface area contributed by atoms with Crippen molar-refractivity contribution in [2.75, 3.05) is 33.0 Å². The van der Waals surface area contributed by atoms with Gasteiger partial charge in [0, 0.05) is 6.54 Å². The molecule has 0 bridgehead atoms. The zero-order valence-corrected chi connectivity index (χ0v) is 7.27. The van der Waals surface area contributed by atoms with Gasteiger partial charge in [-0.25, -0.2) is 0 Å². The lowest BCUT2D eigenvalue weighted by Gasteiger charge is -2.07. The average Bonchev–Trinajstić information content (AvgIpc) is 2.01. The summed E-state index contributed by atoms with van der Waals surface area (Å²) in [5.41, 5.74) is 5.11. The van der Waals surface area contributed by atoms with E-state index in [1.807, 2.05) is 0 Å². The Morgan fingerprint density at radius 3 is 1.92 bits per heavy atom. The predicted molar refractivity (Wildman–Crippen MR) is 41.4 cm³/mol. The first-order valence-electron chi connectivity index (χ1n) is 3.98. The van der Waals surface area contributed by atoms with Gasteiger partial charge in [0.15, 0.2) is 0 Å². The summed E-state index contributed by atoms with van der Waals surface area (Å²) in [6.45, 7) is 0.964. The van der Waals surface area contributed by atoms with Crippen LogP contribution in [0, 0.1) is 0 Å². The molecule has 0 fully saturated rings. The van der Waals surface area contributed by atoms with Crippen LogP contribution in [-0.4, -0.2) is 39.1 Å².